The molecule has 2 N–H and O–H groups in total. The first kappa shape index (κ1) is 32.2. The molecule has 0 saturated heterocycles. The van der Waals surface area contributed by atoms with Crippen molar-refractivity contribution >= 4 is 16.0 Å². The first-order valence-electron chi connectivity index (χ1n) is 16.3. The average molecular weight is 583 g/mol. The summed E-state index contributed by atoms with van der Waals surface area (Å²) in [5.74, 6) is 4.16. The van der Waals surface area contributed by atoms with Crippen LogP contribution in [0.1, 0.15) is 111 Å². The van der Waals surface area contributed by atoms with Crippen molar-refractivity contribution in [3.8, 4) is 0 Å². The number of carbonyl (C=O) groups excluding carboxylic acids is 1. The summed E-state index contributed by atoms with van der Waals surface area (Å²) < 4.78 is 33.5. The lowest BCUT2D eigenvalue weighted by molar-refractivity contribution is -0.961. The quantitative estimate of drug-likeness (QED) is 0.149. The maximum Gasteiger partial charge on any atom is 0.220 e. The van der Waals surface area contributed by atoms with Crippen molar-refractivity contribution in [2.24, 2.45) is 46.3 Å². The van der Waals surface area contributed by atoms with Gasteiger partial charge in [0.05, 0.1) is 20.6 Å². The summed E-state index contributed by atoms with van der Waals surface area (Å²) >= 11 is 0. The van der Waals surface area contributed by atoms with Gasteiger partial charge in [-0.2, -0.15) is 0 Å². The number of fused-ring (bicyclic) bond motifs is 5. The summed E-state index contributed by atoms with van der Waals surface area (Å²) in [5, 5.41) is 13.6. The topological polar surface area (TPSA) is 107 Å². The number of hydrogen-bond donors (Lipinski definition) is 2. The van der Waals surface area contributed by atoms with E-state index >= 15 is 0 Å². The number of carbonyl (C=O) groups is 1. The van der Waals surface area contributed by atoms with Gasteiger partial charge in [0, 0.05) is 26.3 Å². The number of amides is 1. The van der Waals surface area contributed by atoms with Crippen molar-refractivity contribution < 1.29 is 27.4 Å². The van der Waals surface area contributed by atoms with Crippen LogP contribution in [0.2, 0.25) is 0 Å². The molecule has 0 aromatic carbocycles. The average Bonchev–Trinajstić information content (AvgIpc) is 3.20. The van der Waals surface area contributed by atoms with Crippen molar-refractivity contribution in [3.05, 3.63) is 0 Å². The van der Waals surface area contributed by atoms with Gasteiger partial charge in [0.15, 0.2) is 0 Å². The van der Waals surface area contributed by atoms with Gasteiger partial charge in [0.25, 0.3) is 0 Å². The molecule has 0 aromatic rings. The van der Waals surface area contributed by atoms with Crippen molar-refractivity contribution in [1.29, 1.82) is 0 Å². The Bertz CT molecular complexity index is 1010. The molecule has 4 fully saturated rings. The maximum atomic E-state index is 12.7. The number of hydrogen-bond acceptors (Lipinski definition) is 5. The van der Waals surface area contributed by atoms with E-state index in [1.807, 2.05) is 0 Å². The summed E-state index contributed by atoms with van der Waals surface area (Å²) in [5.41, 5.74) is -0.670. The summed E-state index contributed by atoms with van der Waals surface area (Å²) in [4.78, 5) is 12.7. The van der Waals surface area contributed by atoms with Crippen molar-refractivity contribution in [3.63, 3.8) is 0 Å². The third kappa shape index (κ3) is 6.45. The second-order valence-corrected chi connectivity index (χ2v) is 17.1. The summed E-state index contributed by atoms with van der Waals surface area (Å²) in [6, 6.07) is 0. The normalized spacial score (nSPS) is 38.5. The van der Waals surface area contributed by atoms with Crippen LogP contribution < -0.4 is 5.32 Å². The van der Waals surface area contributed by atoms with Gasteiger partial charge in [0.2, 0.25) is 11.6 Å². The molecule has 1 amide bonds. The fourth-order valence-electron chi connectivity index (χ4n) is 10.4. The van der Waals surface area contributed by atoms with Crippen LogP contribution in [-0.2, 0) is 14.9 Å². The standard InChI is InChI=1S/C32H58N2O5S/c1-23(11-16-29(35)33-20-9-21-34(5,6)32(4,36)22-40(37,38)39)26-14-15-27-25-13-12-24-10-7-8-18-30(24,2)28(25)17-19-31(26,27)3/h23-28,36H,7-22H2,1-6H3,(H-,33,35,37,38,39)/t23-,24?,25?,26-,27?,28?,30+,31-,32?/m1/s1. The van der Waals surface area contributed by atoms with Gasteiger partial charge in [-0.1, -0.05) is 33.6 Å². The minimum atomic E-state index is -4.54. The van der Waals surface area contributed by atoms with Gasteiger partial charge in [-0.15, -0.1) is 0 Å². The Morgan fingerprint density at radius 2 is 1.75 bits per heavy atom. The van der Waals surface area contributed by atoms with Crippen LogP contribution in [0, 0.1) is 46.3 Å². The number of nitrogens with one attached hydrogen (secondary N) is 1. The molecule has 0 radical (unpaired) electrons. The van der Waals surface area contributed by atoms with Gasteiger partial charge >= 0.3 is 0 Å². The van der Waals surface area contributed by atoms with Crippen molar-refractivity contribution in [2.75, 3.05) is 32.9 Å². The number of quaternary nitrogens is 1. The smallest absolute Gasteiger partial charge is 0.220 e. The van der Waals surface area contributed by atoms with Crippen LogP contribution in [0.3, 0.4) is 0 Å². The largest absolute Gasteiger partial charge is 0.748 e. The van der Waals surface area contributed by atoms with Crippen molar-refractivity contribution in [2.45, 2.75) is 117 Å². The Morgan fingerprint density at radius 1 is 1.05 bits per heavy atom. The van der Waals surface area contributed by atoms with Crippen molar-refractivity contribution in [1.82, 2.24) is 5.32 Å². The molecule has 0 heterocycles. The Hall–Kier alpha value is -0.700. The molecular formula is C32H58N2O5S. The molecule has 8 heteroatoms. The Labute approximate surface area is 244 Å². The fourth-order valence-corrected chi connectivity index (χ4v) is 11.4. The first-order chi connectivity index (χ1) is 18.5. The van der Waals surface area contributed by atoms with Crippen LogP contribution in [-0.4, -0.2) is 67.1 Å². The minimum absolute atomic E-state index is 0.0234. The van der Waals surface area contributed by atoms with E-state index in [1.54, 1.807) is 14.1 Å². The van der Waals surface area contributed by atoms with Gasteiger partial charge in [0.1, 0.15) is 15.9 Å². The van der Waals surface area contributed by atoms with E-state index < -0.39 is 21.6 Å². The molecule has 5 unspecified atom stereocenters. The van der Waals surface area contributed by atoms with Gasteiger partial charge < -0.3 is 19.5 Å². The molecule has 0 spiro atoms. The van der Waals surface area contributed by atoms with Gasteiger partial charge in [-0.3, -0.25) is 4.79 Å². The second kappa shape index (κ2) is 11.8. The molecule has 4 rings (SSSR count). The summed E-state index contributed by atoms with van der Waals surface area (Å²) in [6.07, 6.45) is 16.2. The lowest BCUT2D eigenvalue weighted by Gasteiger charge is -2.61. The summed E-state index contributed by atoms with van der Waals surface area (Å²) in [6.45, 7) is 9.94. The molecule has 4 aliphatic rings. The van der Waals surface area contributed by atoms with Crippen LogP contribution in [0.15, 0.2) is 0 Å². The number of rotatable bonds is 11. The Kier molecular flexibility index (Phi) is 9.48. The predicted octanol–water partition coefficient (Wildman–Crippen LogP) is 5.29. The maximum absolute atomic E-state index is 12.7. The highest BCUT2D eigenvalue weighted by Crippen LogP contribution is 2.68. The van der Waals surface area contributed by atoms with E-state index in [9.17, 15) is 22.9 Å². The van der Waals surface area contributed by atoms with Gasteiger partial charge in [-0.05, 0) is 104 Å². The van der Waals surface area contributed by atoms with Crippen LogP contribution in [0.4, 0.5) is 0 Å². The molecule has 9 atom stereocenters. The monoisotopic (exact) mass is 582 g/mol. The highest BCUT2D eigenvalue weighted by atomic mass is 32.2. The minimum Gasteiger partial charge on any atom is -0.748 e. The number of aliphatic hydroxyl groups is 1. The van der Waals surface area contributed by atoms with E-state index in [2.05, 4.69) is 26.1 Å². The summed E-state index contributed by atoms with van der Waals surface area (Å²) in [7, 11) is -1.13. The highest BCUT2D eigenvalue weighted by Gasteiger charge is 2.60. The lowest BCUT2D eigenvalue weighted by atomic mass is 9.44. The third-order valence-electron chi connectivity index (χ3n) is 13.1. The molecule has 0 aliphatic heterocycles. The van der Waals surface area contributed by atoms with E-state index in [-0.39, 0.29) is 10.4 Å². The highest BCUT2D eigenvalue weighted by molar-refractivity contribution is 7.85. The predicted molar refractivity (Wildman–Crippen MR) is 158 cm³/mol. The zero-order valence-corrected chi connectivity index (χ0v) is 27.0. The molecular weight excluding hydrogens is 524 g/mol. The molecule has 0 bridgehead atoms. The van der Waals surface area contributed by atoms with Gasteiger partial charge in [-0.25, -0.2) is 8.42 Å². The fraction of sp³-hybridized carbons (Fsp3) is 0.969. The lowest BCUT2D eigenvalue weighted by Crippen LogP contribution is -2.61. The SMILES string of the molecule is C[C@H](CCC(=O)NCCC[N+](C)(C)C(C)(O)CS(=O)(=O)[O-])[C@H]1CCC2C3CCC4CCCC[C@]4(C)C3CC[C@@]21C. The molecule has 7 nitrogen and oxygen atoms in total. The Morgan fingerprint density at radius 3 is 2.45 bits per heavy atom. The van der Waals surface area contributed by atoms with E-state index in [1.165, 1.54) is 71.1 Å². The molecule has 4 aliphatic carbocycles. The van der Waals surface area contributed by atoms with E-state index in [4.69, 9.17) is 0 Å². The molecule has 0 aromatic heterocycles. The van der Waals surface area contributed by atoms with Crippen LogP contribution >= 0.6 is 0 Å². The first-order valence-corrected chi connectivity index (χ1v) is 17.8. The second-order valence-electron chi connectivity index (χ2n) is 15.7. The Balaban J connectivity index is 1.23. The number of nitrogens with zero attached hydrogens (tertiary/aromatic N) is 1. The molecule has 40 heavy (non-hydrogen) atoms. The molecule has 232 valence electrons. The zero-order chi connectivity index (χ0) is 29.6. The van der Waals surface area contributed by atoms with E-state index in [0.29, 0.717) is 48.6 Å². The van der Waals surface area contributed by atoms with Crippen LogP contribution in [0.5, 0.6) is 0 Å². The zero-order valence-electron chi connectivity index (χ0n) is 26.2. The molecule has 4 saturated carbocycles. The van der Waals surface area contributed by atoms with Crippen LogP contribution in [0.25, 0.3) is 0 Å². The third-order valence-corrected chi connectivity index (χ3v) is 14.0. The van der Waals surface area contributed by atoms with E-state index in [0.717, 1.165) is 30.1 Å².